The number of hydrogen-bond donors (Lipinski definition) is 1. The molecule has 2 bridgehead atoms. The van der Waals surface area contributed by atoms with Crippen molar-refractivity contribution in [3.63, 3.8) is 0 Å². The van der Waals surface area contributed by atoms with Crippen molar-refractivity contribution in [3.05, 3.63) is 12.7 Å². The van der Waals surface area contributed by atoms with Gasteiger partial charge in [0, 0.05) is 25.2 Å². The molecule has 3 atom stereocenters. The van der Waals surface area contributed by atoms with Crippen LogP contribution in [0.15, 0.2) is 12.7 Å². The Morgan fingerprint density at radius 1 is 1.60 bits per heavy atom. The summed E-state index contributed by atoms with van der Waals surface area (Å²) in [6.45, 7) is 7.20. The molecule has 2 saturated heterocycles. The molecule has 3 nitrogen and oxygen atoms in total. The fourth-order valence-corrected chi connectivity index (χ4v) is 2.86. The minimum atomic E-state index is 0.226. The second-order valence-corrected chi connectivity index (χ2v) is 4.56. The molecule has 3 unspecified atom stereocenters. The van der Waals surface area contributed by atoms with Crippen molar-refractivity contribution >= 4 is 5.91 Å². The molecule has 0 radical (unpaired) electrons. The lowest BCUT2D eigenvalue weighted by atomic mass is 9.88. The maximum atomic E-state index is 12.2. The van der Waals surface area contributed by atoms with Gasteiger partial charge in [-0.2, -0.15) is 0 Å². The molecule has 0 aromatic carbocycles. The molecule has 0 aromatic rings. The van der Waals surface area contributed by atoms with Crippen LogP contribution in [0.3, 0.4) is 0 Å². The molecule has 2 aliphatic heterocycles. The Labute approximate surface area is 91.5 Å². The molecule has 2 rings (SSSR count). The third-order valence-corrected chi connectivity index (χ3v) is 3.66. The van der Waals surface area contributed by atoms with Gasteiger partial charge < -0.3 is 10.2 Å². The molecule has 15 heavy (non-hydrogen) atoms. The van der Waals surface area contributed by atoms with E-state index in [1.807, 2.05) is 17.9 Å². The Balaban J connectivity index is 1.98. The fraction of sp³-hybridized carbons (Fsp3) is 0.750. The van der Waals surface area contributed by atoms with Crippen molar-refractivity contribution in [2.75, 3.05) is 13.1 Å². The number of nitrogens with zero attached hydrogens (tertiary/aromatic N) is 1. The van der Waals surface area contributed by atoms with Gasteiger partial charge in [0.1, 0.15) is 0 Å². The number of hydrogen-bond acceptors (Lipinski definition) is 2. The Hall–Kier alpha value is -0.830. The van der Waals surface area contributed by atoms with E-state index in [4.69, 9.17) is 0 Å². The van der Waals surface area contributed by atoms with E-state index in [0.29, 0.717) is 24.5 Å². The maximum Gasteiger partial charge on any atom is 0.227 e. The van der Waals surface area contributed by atoms with Gasteiger partial charge in [-0.25, -0.2) is 0 Å². The predicted molar refractivity (Wildman–Crippen MR) is 60.5 cm³/mol. The number of likely N-dealkylation sites (N-methyl/N-ethyl adjacent to an activating group) is 1. The summed E-state index contributed by atoms with van der Waals surface area (Å²) >= 11 is 0. The van der Waals surface area contributed by atoms with Crippen LogP contribution in [0.5, 0.6) is 0 Å². The van der Waals surface area contributed by atoms with Gasteiger partial charge in [0.25, 0.3) is 0 Å². The zero-order chi connectivity index (χ0) is 10.8. The van der Waals surface area contributed by atoms with Crippen LogP contribution < -0.4 is 5.32 Å². The first kappa shape index (κ1) is 10.7. The van der Waals surface area contributed by atoms with Crippen molar-refractivity contribution in [2.24, 2.45) is 5.92 Å². The van der Waals surface area contributed by atoms with Crippen LogP contribution in [0.25, 0.3) is 0 Å². The molecule has 1 N–H and O–H groups in total. The van der Waals surface area contributed by atoms with Gasteiger partial charge in [0.05, 0.1) is 5.92 Å². The van der Waals surface area contributed by atoms with E-state index in [1.165, 1.54) is 12.8 Å². The van der Waals surface area contributed by atoms with Crippen LogP contribution in [0.1, 0.15) is 26.2 Å². The molecule has 0 aliphatic carbocycles. The van der Waals surface area contributed by atoms with Crippen molar-refractivity contribution in [1.82, 2.24) is 10.2 Å². The SMILES string of the molecule is C=CCN(CC)C(=O)C1CC2CCC1N2. The molecule has 0 saturated carbocycles. The summed E-state index contributed by atoms with van der Waals surface area (Å²) in [7, 11) is 0. The van der Waals surface area contributed by atoms with Crippen LogP contribution in [0, 0.1) is 5.92 Å². The number of amides is 1. The molecular formula is C12H20N2O. The number of carbonyl (C=O) groups excluding carboxylic acids is 1. The van der Waals surface area contributed by atoms with Crippen molar-refractivity contribution in [1.29, 1.82) is 0 Å². The molecule has 84 valence electrons. The lowest BCUT2D eigenvalue weighted by molar-refractivity contribution is -0.135. The molecule has 1 amide bonds. The zero-order valence-electron chi connectivity index (χ0n) is 9.41. The molecule has 0 spiro atoms. The quantitative estimate of drug-likeness (QED) is 0.703. The lowest BCUT2D eigenvalue weighted by Gasteiger charge is -2.26. The van der Waals surface area contributed by atoms with Crippen LogP contribution >= 0.6 is 0 Å². The molecule has 2 fully saturated rings. The summed E-state index contributed by atoms with van der Waals surface area (Å²) in [6, 6.07) is 1.05. The summed E-state index contributed by atoms with van der Waals surface area (Å²) in [5.41, 5.74) is 0. The average Bonchev–Trinajstić information content (AvgIpc) is 2.86. The summed E-state index contributed by atoms with van der Waals surface area (Å²) in [4.78, 5) is 14.1. The fourth-order valence-electron chi connectivity index (χ4n) is 2.86. The van der Waals surface area contributed by atoms with Crippen molar-refractivity contribution < 1.29 is 4.79 Å². The summed E-state index contributed by atoms with van der Waals surface area (Å²) in [5.74, 6) is 0.542. The van der Waals surface area contributed by atoms with Gasteiger partial charge in [0.2, 0.25) is 5.91 Å². The third kappa shape index (κ3) is 1.93. The highest BCUT2D eigenvalue weighted by atomic mass is 16.2. The highest BCUT2D eigenvalue weighted by molar-refractivity contribution is 5.80. The smallest absolute Gasteiger partial charge is 0.227 e. The maximum absolute atomic E-state index is 12.2. The van der Waals surface area contributed by atoms with Crippen LogP contribution in [0.4, 0.5) is 0 Å². The van der Waals surface area contributed by atoms with Crippen LogP contribution in [-0.2, 0) is 4.79 Å². The van der Waals surface area contributed by atoms with Gasteiger partial charge in [-0.1, -0.05) is 6.08 Å². The highest BCUT2D eigenvalue weighted by Gasteiger charge is 2.43. The van der Waals surface area contributed by atoms with E-state index in [-0.39, 0.29) is 5.92 Å². The standard InChI is InChI=1S/C12H20N2O/c1-3-7-14(4-2)12(15)10-8-9-5-6-11(10)13-9/h3,9-11,13H,1,4-8H2,2H3. The van der Waals surface area contributed by atoms with Gasteiger partial charge in [-0.3, -0.25) is 4.79 Å². The first-order valence-corrected chi connectivity index (χ1v) is 5.92. The Morgan fingerprint density at radius 2 is 2.40 bits per heavy atom. The number of rotatable bonds is 4. The van der Waals surface area contributed by atoms with Crippen molar-refractivity contribution in [2.45, 2.75) is 38.3 Å². The Kier molecular flexibility index (Phi) is 3.10. The first-order valence-electron chi connectivity index (χ1n) is 5.92. The zero-order valence-corrected chi connectivity index (χ0v) is 9.41. The minimum absolute atomic E-state index is 0.226. The molecular weight excluding hydrogens is 188 g/mol. The number of fused-ring (bicyclic) bond motifs is 2. The third-order valence-electron chi connectivity index (χ3n) is 3.66. The van der Waals surface area contributed by atoms with Crippen molar-refractivity contribution in [3.8, 4) is 0 Å². The van der Waals surface area contributed by atoms with Gasteiger partial charge in [-0.05, 0) is 26.2 Å². The van der Waals surface area contributed by atoms with Gasteiger partial charge >= 0.3 is 0 Å². The predicted octanol–water partition coefficient (Wildman–Crippen LogP) is 1.16. The second kappa shape index (κ2) is 4.35. The topological polar surface area (TPSA) is 32.3 Å². The first-order chi connectivity index (χ1) is 7.26. The summed E-state index contributed by atoms with van der Waals surface area (Å²) in [6.07, 6.45) is 5.27. The van der Waals surface area contributed by atoms with E-state index in [2.05, 4.69) is 11.9 Å². The molecule has 2 aliphatic rings. The van der Waals surface area contributed by atoms with E-state index in [1.54, 1.807) is 0 Å². The summed E-state index contributed by atoms with van der Waals surface area (Å²) in [5, 5.41) is 3.51. The Bertz CT molecular complexity index is 264. The lowest BCUT2D eigenvalue weighted by Crippen LogP contribution is -2.40. The van der Waals surface area contributed by atoms with Crippen LogP contribution in [-0.4, -0.2) is 36.0 Å². The molecule has 0 aromatic heterocycles. The van der Waals surface area contributed by atoms with E-state index in [9.17, 15) is 4.79 Å². The van der Waals surface area contributed by atoms with E-state index < -0.39 is 0 Å². The molecule has 3 heteroatoms. The van der Waals surface area contributed by atoms with Gasteiger partial charge in [-0.15, -0.1) is 6.58 Å². The Morgan fingerprint density at radius 3 is 2.87 bits per heavy atom. The normalized spacial score (nSPS) is 33.0. The second-order valence-electron chi connectivity index (χ2n) is 4.56. The van der Waals surface area contributed by atoms with E-state index >= 15 is 0 Å². The van der Waals surface area contributed by atoms with E-state index in [0.717, 1.165) is 13.0 Å². The minimum Gasteiger partial charge on any atom is -0.339 e. The van der Waals surface area contributed by atoms with Gasteiger partial charge in [0.15, 0.2) is 0 Å². The van der Waals surface area contributed by atoms with Crippen LogP contribution in [0.2, 0.25) is 0 Å². The monoisotopic (exact) mass is 208 g/mol. The average molecular weight is 208 g/mol. The number of carbonyl (C=O) groups is 1. The number of nitrogens with one attached hydrogen (secondary N) is 1. The largest absolute Gasteiger partial charge is 0.339 e. The molecule has 2 heterocycles. The summed E-state index contributed by atoms with van der Waals surface area (Å²) < 4.78 is 0. The highest BCUT2D eigenvalue weighted by Crippen LogP contribution is 2.34.